The molecule has 0 aliphatic heterocycles. The fraction of sp³-hybridized carbons (Fsp3) is 0.167. The zero-order valence-electron chi connectivity index (χ0n) is 10.5. The summed E-state index contributed by atoms with van der Waals surface area (Å²) in [6.07, 6.45) is 0.610. The van der Waals surface area contributed by atoms with Gasteiger partial charge in [0, 0.05) is 6.42 Å². The molecule has 104 valence electrons. The fourth-order valence-electron chi connectivity index (χ4n) is 1.50. The first kappa shape index (κ1) is 13.5. The van der Waals surface area contributed by atoms with Crippen LogP contribution in [0.15, 0.2) is 18.2 Å². The highest BCUT2D eigenvalue weighted by Gasteiger charge is 2.15. The van der Waals surface area contributed by atoms with E-state index in [9.17, 15) is 14.7 Å². The third kappa shape index (κ3) is 2.74. The second kappa shape index (κ2) is 5.39. The van der Waals surface area contributed by atoms with Gasteiger partial charge in [0.25, 0.3) is 5.91 Å². The Labute approximate surface area is 113 Å². The van der Waals surface area contributed by atoms with Crippen LogP contribution < -0.4 is 5.32 Å². The summed E-state index contributed by atoms with van der Waals surface area (Å²) in [7, 11) is 0. The molecule has 1 aromatic heterocycles. The van der Waals surface area contributed by atoms with E-state index in [0.29, 0.717) is 12.2 Å². The van der Waals surface area contributed by atoms with Crippen LogP contribution in [-0.2, 0) is 6.42 Å². The number of anilines is 1. The van der Waals surface area contributed by atoms with Crippen molar-refractivity contribution >= 4 is 17.6 Å². The minimum Gasteiger partial charge on any atom is -0.506 e. The molecule has 2 aromatic rings. The van der Waals surface area contributed by atoms with Crippen LogP contribution in [-0.4, -0.2) is 37.3 Å². The van der Waals surface area contributed by atoms with Crippen LogP contribution in [0.3, 0.4) is 0 Å². The van der Waals surface area contributed by atoms with Gasteiger partial charge in [-0.3, -0.25) is 9.89 Å². The van der Waals surface area contributed by atoms with E-state index < -0.39 is 11.9 Å². The standard InChI is InChI=1S/C12H12N4O4/c1-2-9-14-10(16-15-9)11(18)13-7-4-3-6(12(19)20)5-8(7)17/h3-5,17H,2H2,1H3,(H,13,18)(H,19,20)(H,14,15,16). The summed E-state index contributed by atoms with van der Waals surface area (Å²) in [6, 6.07) is 3.62. The van der Waals surface area contributed by atoms with Crippen LogP contribution in [0.25, 0.3) is 0 Å². The highest BCUT2D eigenvalue weighted by atomic mass is 16.4. The van der Waals surface area contributed by atoms with Crippen LogP contribution in [0.4, 0.5) is 5.69 Å². The molecule has 0 atom stereocenters. The van der Waals surface area contributed by atoms with Gasteiger partial charge in [-0.1, -0.05) is 6.92 Å². The van der Waals surface area contributed by atoms with Crippen LogP contribution in [0.5, 0.6) is 5.75 Å². The van der Waals surface area contributed by atoms with Crippen LogP contribution in [0.2, 0.25) is 0 Å². The molecule has 0 saturated carbocycles. The van der Waals surface area contributed by atoms with E-state index in [4.69, 9.17) is 5.11 Å². The number of phenols is 1. The predicted molar refractivity (Wildman–Crippen MR) is 68.8 cm³/mol. The van der Waals surface area contributed by atoms with Gasteiger partial charge in [0.15, 0.2) is 0 Å². The predicted octanol–water partition coefficient (Wildman–Crippen LogP) is 1.02. The van der Waals surface area contributed by atoms with Gasteiger partial charge >= 0.3 is 5.97 Å². The maximum Gasteiger partial charge on any atom is 0.335 e. The molecule has 1 aromatic carbocycles. The normalized spacial score (nSPS) is 10.2. The number of nitrogens with zero attached hydrogens (tertiary/aromatic N) is 2. The Morgan fingerprint density at radius 1 is 1.40 bits per heavy atom. The number of carbonyl (C=O) groups excluding carboxylic acids is 1. The molecule has 20 heavy (non-hydrogen) atoms. The molecular formula is C12H12N4O4. The van der Waals surface area contributed by atoms with E-state index in [1.165, 1.54) is 12.1 Å². The Kier molecular flexibility index (Phi) is 3.65. The number of rotatable bonds is 4. The maximum absolute atomic E-state index is 11.8. The van der Waals surface area contributed by atoms with Crippen molar-refractivity contribution in [3.63, 3.8) is 0 Å². The smallest absolute Gasteiger partial charge is 0.335 e. The number of phenolic OH excluding ortho intramolecular Hbond substituents is 1. The Morgan fingerprint density at radius 2 is 2.15 bits per heavy atom. The minimum atomic E-state index is -1.17. The molecule has 0 aliphatic carbocycles. The van der Waals surface area contributed by atoms with Crippen LogP contribution >= 0.6 is 0 Å². The van der Waals surface area contributed by atoms with Crippen LogP contribution in [0.1, 0.15) is 33.7 Å². The summed E-state index contributed by atoms with van der Waals surface area (Å²) in [4.78, 5) is 26.5. The first-order valence-corrected chi connectivity index (χ1v) is 5.80. The molecule has 0 bridgehead atoms. The van der Waals surface area contributed by atoms with Gasteiger partial charge in [0.05, 0.1) is 11.3 Å². The molecule has 0 spiro atoms. The summed E-state index contributed by atoms with van der Waals surface area (Å²) < 4.78 is 0. The number of aromatic hydroxyl groups is 1. The van der Waals surface area contributed by atoms with Gasteiger partial charge in [-0.15, -0.1) is 5.10 Å². The lowest BCUT2D eigenvalue weighted by atomic mass is 10.2. The first-order valence-electron chi connectivity index (χ1n) is 5.80. The van der Waals surface area contributed by atoms with E-state index in [1.54, 1.807) is 0 Å². The lowest BCUT2D eigenvalue weighted by Crippen LogP contribution is -2.14. The number of aryl methyl sites for hydroxylation is 1. The number of hydrogen-bond donors (Lipinski definition) is 4. The van der Waals surface area contributed by atoms with Gasteiger partial charge in [0.1, 0.15) is 11.6 Å². The van der Waals surface area contributed by atoms with Crippen molar-refractivity contribution in [2.75, 3.05) is 5.32 Å². The average Bonchev–Trinajstić information content (AvgIpc) is 2.89. The number of benzene rings is 1. The molecule has 1 heterocycles. The third-order valence-electron chi connectivity index (χ3n) is 2.56. The lowest BCUT2D eigenvalue weighted by Gasteiger charge is -2.06. The molecule has 1 amide bonds. The molecule has 4 N–H and O–H groups in total. The summed E-state index contributed by atoms with van der Waals surface area (Å²) >= 11 is 0. The molecule has 0 radical (unpaired) electrons. The molecule has 0 aliphatic rings. The Hall–Kier alpha value is -2.90. The molecule has 0 saturated heterocycles. The molecule has 8 nitrogen and oxygen atoms in total. The summed E-state index contributed by atoms with van der Waals surface area (Å²) in [5.41, 5.74) is 0.00881. The Bertz CT molecular complexity index is 665. The van der Waals surface area contributed by atoms with Crippen molar-refractivity contribution in [3.8, 4) is 5.75 Å². The number of H-pyrrole nitrogens is 1. The van der Waals surface area contributed by atoms with E-state index in [2.05, 4.69) is 20.5 Å². The zero-order valence-corrected chi connectivity index (χ0v) is 10.5. The molecular weight excluding hydrogens is 264 g/mol. The molecule has 8 heteroatoms. The third-order valence-corrected chi connectivity index (χ3v) is 2.56. The number of carboxylic acid groups (broad SMARTS) is 1. The number of amides is 1. The zero-order chi connectivity index (χ0) is 14.7. The van der Waals surface area contributed by atoms with Crippen molar-refractivity contribution < 1.29 is 19.8 Å². The summed E-state index contributed by atoms with van der Waals surface area (Å²) in [6.45, 7) is 1.86. The minimum absolute atomic E-state index is 0.0523. The van der Waals surface area contributed by atoms with E-state index >= 15 is 0 Å². The van der Waals surface area contributed by atoms with Gasteiger partial charge in [-0.2, -0.15) is 0 Å². The van der Waals surface area contributed by atoms with Gasteiger partial charge in [0.2, 0.25) is 5.82 Å². The SMILES string of the molecule is CCc1nc(C(=O)Nc2ccc(C(=O)O)cc2O)n[nH]1. The molecule has 0 fully saturated rings. The topological polar surface area (TPSA) is 128 Å². The second-order valence-electron chi connectivity index (χ2n) is 3.95. The number of carbonyl (C=O) groups is 2. The Morgan fingerprint density at radius 3 is 2.70 bits per heavy atom. The largest absolute Gasteiger partial charge is 0.506 e. The van der Waals surface area contributed by atoms with Crippen molar-refractivity contribution in [2.45, 2.75) is 13.3 Å². The number of nitrogens with one attached hydrogen (secondary N) is 2. The lowest BCUT2D eigenvalue weighted by molar-refractivity contribution is 0.0696. The summed E-state index contributed by atoms with van der Waals surface area (Å²) in [5, 5.41) is 27.2. The van der Waals surface area contributed by atoms with E-state index in [0.717, 1.165) is 6.07 Å². The first-order chi connectivity index (χ1) is 9.51. The quantitative estimate of drug-likeness (QED) is 0.617. The number of aromatic carboxylic acids is 1. The van der Waals surface area contributed by atoms with Crippen molar-refractivity contribution in [3.05, 3.63) is 35.4 Å². The fourth-order valence-corrected chi connectivity index (χ4v) is 1.50. The van der Waals surface area contributed by atoms with Crippen molar-refractivity contribution in [2.24, 2.45) is 0 Å². The van der Waals surface area contributed by atoms with E-state index in [-0.39, 0.29) is 22.8 Å². The number of aromatic amines is 1. The van der Waals surface area contributed by atoms with E-state index in [1.807, 2.05) is 6.92 Å². The Balaban J connectivity index is 2.17. The monoisotopic (exact) mass is 276 g/mol. The van der Waals surface area contributed by atoms with Gasteiger partial charge in [-0.25, -0.2) is 9.78 Å². The highest BCUT2D eigenvalue weighted by Crippen LogP contribution is 2.24. The second-order valence-corrected chi connectivity index (χ2v) is 3.95. The van der Waals surface area contributed by atoms with Crippen LogP contribution in [0, 0.1) is 0 Å². The highest BCUT2D eigenvalue weighted by molar-refractivity contribution is 6.02. The number of carboxylic acids is 1. The van der Waals surface area contributed by atoms with Crippen molar-refractivity contribution in [1.82, 2.24) is 15.2 Å². The molecule has 2 rings (SSSR count). The van der Waals surface area contributed by atoms with Gasteiger partial charge < -0.3 is 15.5 Å². The number of hydrogen-bond acceptors (Lipinski definition) is 5. The average molecular weight is 276 g/mol. The van der Waals surface area contributed by atoms with Gasteiger partial charge in [-0.05, 0) is 18.2 Å². The number of aromatic nitrogens is 3. The molecule has 0 unspecified atom stereocenters. The summed E-state index contributed by atoms with van der Waals surface area (Å²) in [5.74, 6) is -1.59. The van der Waals surface area contributed by atoms with Crippen molar-refractivity contribution in [1.29, 1.82) is 0 Å². The maximum atomic E-state index is 11.8.